The summed E-state index contributed by atoms with van der Waals surface area (Å²) in [5.41, 5.74) is 5.49. The molecule has 0 saturated carbocycles. The lowest BCUT2D eigenvalue weighted by atomic mass is 10.00. The maximum Gasteiger partial charge on any atom is 0.254 e. The number of nitrogens with zero attached hydrogens (tertiary/aromatic N) is 1. The zero-order valence-electron chi connectivity index (χ0n) is 12.4. The van der Waals surface area contributed by atoms with Crippen LogP contribution in [0.2, 0.25) is 0 Å². The Balaban J connectivity index is 2.60. The fourth-order valence-electron chi connectivity index (χ4n) is 2.36. The van der Waals surface area contributed by atoms with Crippen LogP contribution in [0.3, 0.4) is 0 Å². The average Bonchev–Trinajstić information content (AvgIpc) is 2.38. The number of benzene rings is 1. The van der Waals surface area contributed by atoms with Crippen molar-refractivity contribution in [3.05, 3.63) is 50.4 Å². The fraction of sp³-hybridized carbons (Fsp3) is 0.375. The Kier molecular flexibility index (Phi) is 4.04. The predicted molar refractivity (Wildman–Crippen MR) is 80.0 cm³/mol. The lowest BCUT2D eigenvalue weighted by Gasteiger charge is -2.11. The first-order valence-corrected chi connectivity index (χ1v) is 6.73. The molecule has 20 heavy (non-hydrogen) atoms. The van der Waals surface area contributed by atoms with Crippen LogP contribution in [0.5, 0.6) is 0 Å². The van der Waals surface area contributed by atoms with E-state index < -0.39 is 0 Å². The van der Waals surface area contributed by atoms with Crippen LogP contribution in [0.4, 0.5) is 0 Å². The van der Waals surface area contributed by atoms with Crippen molar-refractivity contribution < 1.29 is 5.11 Å². The maximum absolute atomic E-state index is 12.1. The van der Waals surface area contributed by atoms with Gasteiger partial charge in [0, 0.05) is 29.8 Å². The Morgan fingerprint density at radius 3 is 2.35 bits per heavy atom. The van der Waals surface area contributed by atoms with E-state index >= 15 is 0 Å². The van der Waals surface area contributed by atoms with Crippen molar-refractivity contribution in [3.8, 4) is 11.4 Å². The minimum Gasteiger partial charge on any atom is -0.396 e. The van der Waals surface area contributed by atoms with Gasteiger partial charge in [0.25, 0.3) is 5.56 Å². The summed E-state index contributed by atoms with van der Waals surface area (Å²) in [4.78, 5) is 19.4. The number of aromatic amines is 1. The Morgan fingerprint density at radius 2 is 1.75 bits per heavy atom. The summed E-state index contributed by atoms with van der Waals surface area (Å²) in [7, 11) is 0. The zero-order chi connectivity index (χ0) is 14.9. The third-order valence-corrected chi connectivity index (χ3v) is 3.68. The van der Waals surface area contributed by atoms with Crippen LogP contribution in [-0.2, 0) is 6.42 Å². The summed E-state index contributed by atoms with van der Waals surface area (Å²) < 4.78 is 0. The highest BCUT2D eigenvalue weighted by atomic mass is 16.3. The molecule has 0 aliphatic carbocycles. The Bertz CT molecular complexity index is 702. The van der Waals surface area contributed by atoms with Crippen molar-refractivity contribution in [2.75, 3.05) is 6.61 Å². The van der Waals surface area contributed by atoms with E-state index in [2.05, 4.69) is 23.0 Å². The van der Waals surface area contributed by atoms with Crippen LogP contribution >= 0.6 is 0 Å². The molecule has 106 valence electrons. The van der Waals surface area contributed by atoms with E-state index in [9.17, 15) is 4.79 Å². The molecule has 2 rings (SSSR count). The molecule has 1 aromatic heterocycles. The van der Waals surface area contributed by atoms with Crippen LogP contribution in [0, 0.1) is 27.7 Å². The number of aliphatic hydroxyl groups excluding tert-OH is 1. The highest BCUT2D eigenvalue weighted by Gasteiger charge is 2.11. The van der Waals surface area contributed by atoms with Gasteiger partial charge in [0.2, 0.25) is 0 Å². The number of aromatic nitrogens is 2. The number of hydrogen-bond donors (Lipinski definition) is 2. The number of aliphatic hydroxyl groups is 1. The van der Waals surface area contributed by atoms with Crippen molar-refractivity contribution in [2.45, 2.75) is 34.1 Å². The van der Waals surface area contributed by atoms with E-state index in [-0.39, 0.29) is 12.2 Å². The molecule has 0 aliphatic heterocycles. The molecule has 0 atom stereocenters. The summed E-state index contributed by atoms with van der Waals surface area (Å²) in [6, 6.07) is 4.15. The van der Waals surface area contributed by atoms with Gasteiger partial charge in [0.1, 0.15) is 5.82 Å². The Labute approximate surface area is 118 Å². The van der Waals surface area contributed by atoms with Crippen molar-refractivity contribution in [1.82, 2.24) is 9.97 Å². The van der Waals surface area contributed by atoms with Crippen LogP contribution in [0.1, 0.15) is 27.9 Å². The fourth-order valence-corrected chi connectivity index (χ4v) is 2.36. The van der Waals surface area contributed by atoms with Gasteiger partial charge in [-0.25, -0.2) is 4.98 Å². The Morgan fingerprint density at radius 1 is 1.10 bits per heavy atom. The molecule has 0 fully saturated rings. The first kappa shape index (κ1) is 14.5. The second kappa shape index (κ2) is 5.59. The van der Waals surface area contributed by atoms with Crippen molar-refractivity contribution >= 4 is 0 Å². The van der Waals surface area contributed by atoms with Crippen LogP contribution in [0.15, 0.2) is 16.9 Å². The molecular formula is C16H20N2O2. The minimum absolute atomic E-state index is 0.0480. The van der Waals surface area contributed by atoms with Crippen molar-refractivity contribution in [2.24, 2.45) is 0 Å². The molecule has 4 heteroatoms. The molecule has 1 aromatic carbocycles. The lowest BCUT2D eigenvalue weighted by molar-refractivity contribution is 0.298. The smallest absolute Gasteiger partial charge is 0.254 e. The zero-order valence-corrected chi connectivity index (χ0v) is 12.4. The SMILES string of the molecule is Cc1cc(C)c(-c2nc(C)c(CCO)c(=O)[nH]2)cc1C. The van der Waals surface area contributed by atoms with E-state index in [4.69, 9.17) is 5.11 Å². The lowest BCUT2D eigenvalue weighted by Crippen LogP contribution is -2.18. The van der Waals surface area contributed by atoms with Crippen LogP contribution in [0.25, 0.3) is 11.4 Å². The summed E-state index contributed by atoms with van der Waals surface area (Å²) in [6.45, 7) is 7.88. The molecule has 0 bridgehead atoms. The van der Waals surface area contributed by atoms with Gasteiger partial charge >= 0.3 is 0 Å². The number of rotatable bonds is 3. The molecular weight excluding hydrogens is 252 g/mol. The third-order valence-electron chi connectivity index (χ3n) is 3.68. The average molecular weight is 272 g/mol. The van der Waals surface area contributed by atoms with Gasteiger partial charge < -0.3 is 10.1 Å². The highest BCUT2D eigenvalue weighted by Crippen LogP contribution is 2.23. The highest BCUT2D eigenvalue weighted by molar-refractivity contribution is 5.62. The third kappa shape index (κ3) is 2.65. The number of aryl methyl sites for hydroxylation is 4. The van der Waals surface area contributed by atoms with Gasteiger partial charge in [0.15, 0.2) is 0 Å². The number of H-pyrrole nitrogens is 1. The number of nitrogens with one attached hydrogen (secondary N) is 1. The maximum atomic E-state index is 12.1. The Hall–Kier alpha value is -1.94. The molecule has 2 N–H and O–H groups in total. The quantitative estimate of drug-likeness (QED) is 0.900. The van der Waals surface area contributed by atoms with E-state index in [0.29, 0.717) is 23.5 Å². The molecule has 2 aromatic rings. The second-order valence-corrected chi connectivity index (χ2v) is 5.20. The van der Waals surface area contributed by atoms with Gasteiger partial charge in [-0.2, -0.15) is 0 Å². The molecule has 1 heterocycles. The first-order chi connectivity index (χ1) is 9.43. The number of hydrogen-bond acceptors (Lipinski definition) is 3. The van der Waals surface area contributed by atoms with E-state index in [1.807, 2.05) is 19.9 Å². The van der Waals surface area contributed by atoms with Gasteiger partial charge in [-0.05, 0) is 50.5 Å². The van der Waals surface area contributed by atoms with E-state index in [0.717, 1.165) is 11.1 Å². The molecule has 0 saturated heterocycles. The normalized spacial score (nSPS) is 10.8. The standard InChI is InChI=1S/C16H20N2O2/c1-9-7-11(3)14(8-10(9)2)15-17-12(4)13(5-6-19)16(20)18-15/h7-8,19H,5-6H2,1-4H3,(H,17,18,20). The van der Waals surface area contributed by atoms with E-state index in [1.54, 1.807) is 6.92 Å². The first-order valence-electron chi connectivity index (χ1n) is 6.73. The van der Waals surface area contributed by atoms with E-state index in [1.165, 1.54) is 11.1 Å². The summed E-state index contributed by atoms with van der Waals surface area (Å²) >= 11 is 0. The molecule has 0 radical (unpaired) electrons. The van der Waals surface area contributed by atoms with Crippen LogP contribution in [-0.4, -0.2) is 21.7 Å². The van der Waals surface area contributed by atoms with Crippen molar-refractivity contribution in [3.63, 3.8) is 0 Å². The second-order valence-electron chi connectivity index (χ2n) is 5.20. The summed E-state index contributed by atoms with van der Waals surface area (Å²) in [5.74, 6) is 0.592. The monoisotopic (exact) mass is 272 g/mol. The molecule has 4 nitrogen and oxygen atoms in total. The molecule has 0 unspecified atom stereocenters. The largest absolute Gasteiger partial charge is 0.396 e. The van der Waals surface area contributed by atoms with Gasteiger partial charge in [-0.15, -0.1) is 0 Å². The molecule has 0 spiro atoms. The topological polar surface area (TPSA) is 66.0 Å². The van der Waals surface area contributed by atoms with Crippen molar-refractivity contribution in [1.29, 1.82) is 0 Å². The van der Waals surface area contributed by atoms with Gasteiger partial charge in [0.05, 0.1) is 0 Å². The predicted octanol–water partition coefficient (Wildman–Crippen LogP) is 2.21. The molecule has 0 aliphatic rings. The molecule has 0 amide bonds. The minimum atomic E-state index is -0.167. The summed E-state index contributed by atoms with van der Waals surface area (Å²) in [6.07, 6.45) is 0.334. The van der Waals surface area contributed by atoms with Gasteiger partial charge in [-0.1, -0.05) is 6.07 Å². The van der Waals surface area contributed by atoms with Crippen LogP contribution < -0.4 is 5.56 Å². The van der Waals surface area contributed by atoms with Gasteiger partial charge in [-0.3, -0.25) is 4.79 Å². The summed E-state index contributed by atoms with van der Waals surface area (Å²) in [5, 5.41) is 8.99.